The van der Waals surface area contributed by atoms with Gasteiger partial charge in [0.15, 0.2) is 0 Å². The van der Waals surface area contributed by atoms with Crippen molar-refractivity contribution in [2.24, 2.45) is 0 Å². The lowest BCUT2D eigenvalue weighted by molar-refractivity contribution is 0.155. The van der Waals surface area contributed by atoms with Gasteiger partial charge in [0.05, 0.1) is 13.2 Å². The summed E-state index contributed by atoms with van der Waals surface area (Å²) >= 11 is 0. The summed E-state index contributed by atoms with van der Waals surface area (Å²) in [6.07, 6.45) is 2.48. The van der Waals surface area contributed by atoms with Crippen molar-refractivity contribution in [1.29, 1.82) is 0 Å². The third-order valence-electron chi connectivity index (χ3n) is 3.99. The molecule has 21 heavy (non-hydrogen) atoms. The number of aliphatic hydroxyl groups excluding tert-OH is 1. The molecule has 1 atom stereocenters. The fraction of sp³-hybridized carbons (Fsp3) is 0.333. The Morgan fingerprint density at radius 3 is 2.71 bits per heavy atom. The van der Waals surface area contributed by atoms with Crippen molar-refractivity contribution < 1.29 is 14.6 Å². The normalized spacial score (nSPS) is 17.1. The third-order valence-corrected chi connectivity index (χ3v) is 3.99. The molecule has 0 aliphatic heterocycles. The molecule has 0 saturated carbocycles. The molecule has 0 heterocycles. The Morgan fingerprint density at radius 2 is 1.95 bits per heavy atom. The zero-order valence-electron chi connectivity index (χ0n) is 12.2. The molecule has 1 N–H and O–H groups in total. The second-order valence-electron chi connectivity index (χ2n) is 5.37. The van der Waals surface area contributed by atoms with E-state index in [4.69, 9.17) is 9.47 Å². The summed E-state index contributed by atoms with van der Waals surface area (Å²) in [6.45, 7) is 0.524. The van der Waals surface area contributed by atoms with Gasteiger partial charge in [0.1, 0.15) is 18.1 Å². The highest BCUT2D eigenvalue weighted by Crippen LogP contribution is 2.35. The van der Waals surface area contributed by atoms with Crippen LogP contribution in [0, 0.1) is 0 Å². The van der Waals surface area contributed by atoms with Crippen molar-refractivity contribution in [1.82, 2.24) is 0 Å². The smallest absolute Gasteiger partial charge is 0.123 e. The summed E-state index contributed by atoms with van der Waals surface area (Å²) in [4.78, 5) is 0. The van der Waals surface area contributed by atoms with Crippen LogP contribution < -0.4 is 9.47 Å². The summed E-state index contributed by atoms with van der Waals surface area (Å²) in [5.74, 6) is 1.74. The molecule has 0 radical (unpaired) electrons. The van der Waals surface area contributed by atoms with Crippen LogP contribution in [0.2, 0.25) is 0 Å². The molecule has 2 aromatic carbocycles. The van der Waals surface area contributed by atoms with E-state index in [0.29, 0.717) is 6.61 Å². The summed E-state index contributed by atoms with van der Waals surface area (Å²) in [7, 11) is 1.66. The summed E-state index contributed by atoms with van der Waals surface area (Å²) in [5, 5.41) is 10.1. The second-order valence-corrected chi connectivity index (χ2v) is 5.37. The lowest BCUT2D eigenvalue weighted by atomic mass is 9.89. The van der Waals surface area contributed by atoms with Crippen molar-refractivity contribution in [3.63, 3.8) is 0 Å². The molecule has 1 aliphatic carbocycles. The molecule has 2 aromatic rings. The Balaban J connectivity index is 1.74. The number of methoxy groups -OCH3 is 1. The molecule has 3 heteroatoms. The van der Waals surface area contributed by atoms with Crippen molar-refractivity contribution >= 4 is 0 Å². The molecule has 0 spiro atoms. The summed E-state index contributed by atoms with van der Waals surface area (Å²) in [5.41, 5.74) is 3.28. The third kappa shape index (κ3) is 3.03. The molecule has 0 amide bonds. The first-order chi connectivity index (χ1) is 10.3. The number of benzene rings is 2. The number of ether oxygens (including phenoxy) is 2. The van der Waals surface area contributed by atoms with E-state index >= 15 is 0 Å². The highest BCUT2D eigenvalue weighted by atomic mass is 16.5. The standard InChI is InChI=1S/C18H20O3/c1-20-14-10-8-13(9-11-14)12-21-18-7-3-4-15-16(18)5-2-6-17(15)19/h3-4,7-11,17,19H,2,5-6,12H2,1H3. The van der Waals surface area contributed by atoms with E-state index in [-0.39, 0.29) is 6.10 Å². The van der Waals surface area contributed by atoms with Crippen LogP contribution >= 0.6 is 0 Å². The van der Waals surface area contributed by atoms with Crippen molar-refractivity contribution in [2.75, 3.05) is 7.11 Å². The van der Waals surface area contributed by atoms with Crippen LogP contribution in [0.5, 0.6) is 11.5 Å². The van der Waals surface area contributed by atoms with Crippen LogP contribution in [0.4, 0.5) is 0 Å². The second kappa shape index (κ2) is 6.19. The predicted molar refractivity (Wildman–Crippen MR) is 81.7 cm³/mol. The average molecular weight is 284 g/mol. The van der Waals surface area contributed by atoms with E-state index in [2.05, 4.69) is 0 Å². The van der Waals surface area contributed by atoms with E-state index in [1.165, 1.54) is 0 Å². The Morgan fingerprint density at radius 1 is 1.14 bits per heavy atom. The van der Waals surface area contributed by atoms with E-state index in [1.54, 1.807) is 7.11 Å². The van der Waals surface area contributed by atoms with Gasteiger partial charge in [0, 0.05) is 0 Å². The maximum absolute atomic E-state index is 10.1. The fourth-order valence-corrected chi connectivity index (χ4v) is 2.81. The van der Waals surface area contributed by atoms with E-state index in [1.807, 2.05) is 42.5 Å². The maximum Gasteiger partial charge on any atom is 0.123 e. The van der Waals surface area contributed by atoms with Crippen molar-refractivity contribution in [3.05, 3.63) is 59.2 Å². The molecule has 1 unspecified atom stereocenters. The summed E-state index contributed by atoms with van der Waals surface area (Å²) < 4.78 is 11.1. The molecular weight excluding hydrogens is 264 g/mol. The lowest BCUT2D eigenvalue weighted by Gasteiger charge is -2.23. The van der Waals surface area contributed by atoms with Gasteiger partial charge in [-0.2, -0.15) is 0 Å². The van der Waals surface area contributed by atoms with Crippen LogP contribution in [0.15, 0.2) is 42.5 Å². The van der Waals surface area contributed by atoms with E-state index in [9.17, 15) is 5.11 Å². The number of hydrogen-bond donors (Lipinski definition) is 1. The molecule has 110 valence electrons. The lowest BCUT2D eigenvalue weighted by Crippen LogP contribution is -2.11. The molecule has 1 aliphatic rings. The van der Waals surface area contributed by atoms with Gasteiger partial charge < -0.3 is 14.6 Å². The first kappa shape index (κ1) is 14.0. The first-order valence-corrected chi connectivity index (χ1v) is 7.33. The van der Waals surface area contributed by atoms with E-state index < -0.39 is 0 Å². The molecule has 0 fully saturated rings. The van der Waals surface area contributed by atoms with Crippen LogP contribution in [0.25, 0.3) is 0 Å². The zero-order chi connectivity index (χ0) is 14.7. The average Bonchev–Trinajstić information content (AvgIpc) is 2.54. The van der Waals surface area contributed by atoms with Gasteiger partial charge in [0.25, 0.3) is 0 Å². The molecule has 0 saturated heterocycles. The fourth-order valence-electron chi connectivity index (χ4n) is 2.81. The van der Waals surface area contributed by atoms with Gasteiger partial charge in [-0.1, -0.05) is 24.3 Å². The van der Waals surface area contributed by atoms with Gasteiger partial charge in [0.2, 0.25) is 0 Å². The van der Waals surface area contributed by atoms with Crippen molar-refractivity contribution in [3.8, 4) is 11.5 Å². The van der Waals surface area contributed by atoms with E-state index in [0.717, 1.165) is 47.5 Å². The Kier molecular flexibility index (Phi) is 4.11. The Bertz CT molecular complexity index is 604. The van der Waals surface area contributed by atoms with Crippen LogP contribution in [-0.2, 0) is 13.0 Å². The van der Waals surface area contributed by atoms with Gasteiger partial charge in [-0.05, 0) is 54.2 Å². The minimum absolute atomic E-state index is 0.349. The Hall–Kier alpha value is -2.00. The minimum atomic E-state index is -0.349. The van der Waals surface area contributed by atoms with Crippen LogP contribution in [0.1, 0.15) is 35.6 Å². The van der Waals surface area contributed by atoms with Crippen molar-refractivity contribution in [2.45, 2.75) is 32.0 Å². The van der Waals surface area contributed by atoms with Gasteiger partial charge in [-0.3, -0.25) is 0 Å². The molecule has 3 rings (SSSR count). The highest BCUT2D eigenvalue weighted by molar-refractivity contribution is 5.43. The number of fused-ring (bicyclic) bond motifs is 1. The SMILES string of the molecule is COc1ccc(COc2cccc3c2CCCC3O)cc1. The quantitative estimate of drug-likeness (QED) is 0.931. The number of aliphatic hydroxyl groups is 1. The minimum Gasteiger partial charge on any atom is -0.497 e. The summed E-state index contributed by atoms with van der Waals surface area (Å²) in [6, 6.07) is 13.8. The number of rotatable bonds is 4. The number of hydrogen-bond acceptors (Lipinski definition) is 3. The first-order valence-electron chi connectivity index (χ1n) is 7.33. The molecule has 0 aromatic heterocycles. The molecule has 0 bridgehead atoms. The molecule has 3 nitrogen and oxygen atoms in total. The molecular formula is C18H20O3. The van der Waals surface area contributed by atoms with Crippen LogP contribution in [-0.4, -0.2) is 12.2 Å². The maximum atomic E-state index is 10.1. The van der Waals surface area contributed by atoms with Crippen LogP contribution in [0.3, 0.4) is 0 Å². The van der Waals surface area contributed by atoms with Gasteiger partial charge in [-0.25, -0.2) is 0 Å². The zero-order valence-corrected chi connectivity index (χ0v) is 12.2. The Labute approximate surface area is 125 Å². The largest absolute Gasteiger partial charge is 0.497 e. The van der Waals surface area contributed by atoms with Gasteiger partial charge in [-0.15, -0.1) is 0 Å². The predicted octanol–water partition coefficient (Wildman–Crippen LogP) is 3.64. The topological polar surface area (TPSA) is 38.7 Å². The monoisotopic (exact) mass is 284 g/mol. The van der Waals surface area contributed by atoms with Gasteiger partial charge >= 0.3 is 0 Å². The highest BCUT2D eigenvalue weighted by Gasteiger charge is 2.20.